The Labute approximate surface area is 312 Å². The zero-order chi connectivity index (χ0) is 36.7. The number of para-hydroxylation sites is 1. The molecule has 1 aromatic heterocycles. The number of hydrogen-bond donors (Lipinski definition) is 3. The number of anilines is 3. The number of amides is 4. The summed E-state index contributed by atoms with van der Waals surface area (Å²) >= 11 is 0. The van der Waals surface area contributed by atoms with Crippen LogP contribution in [0.4, 0.5) is 17.2 Å². The third-order valence-electron chi connectivity index (χ3n) is 12.8. The maximum Gasteiger partial charge on any atom is 0.262 e. The quantitative estimate of drug-likeness (QED) is 0.307. The first-order valence-electron chi connectivity index (χ1n) is 19.2. The van der Waals surface area contributed by atoms with Crippen LogP contribution in [0.2, 0.25) is 0 Å². The number of piperidine rings is 3. The Hall–Kier alpha value is -5.34. The summed E-state index contributed by atoms with van der Waals surface area (Å²) in [4.78, 5) is 61.6. The van der Waals surface area contributed by atoms with Crippen LogP contribution >= 0.6 is 0 Å². The van der Waals surface area contributed by atoms with Crippen LogP contribution in [-0.2, 0) is 9.59 Å². The van der Waals surface area contributed by atoms with E-state index in [9.17, 15) is 24.3 Å². The average molecular weight is 730 g/mol. The Morgan fingerprint density at radius 3 is 2.54 bits per heavy atom. The van der Waals surface area contributed by atoms with E-state index >= 15 is 0 Å². The van der Waals surface area contributed by atoms with Crippen molar-refractivity contribution in [3.05, 3.63) is 71.6 Å². The molecule has 4 amide bonds. The van der Waals surface area contributed by atoms with Crippen LogP contribution in [0.25, 0.3) is 11.3 Å². The monoisotopic (exact) mass is 729 g/mol. The highest BCUT2D eigenvalue weighted by molar-refractivity contribution is 6.23. The number of aromatic hydroxyl groups is 1. The lowest BCUT2D eigenvalue weighted by Crippen LogP contribution is -2.54. The smallest absolute Gasteiger partial charge is 0.262 e. The molecule has 6 aliphatic heterocycles. The molecule has 14 heteroatoms. The maximum atomic E-state index is 13.4. The number of rotatable bonds is 7. The molecule has 1 saturated carbocycles. The van der Waals surface area contributed by atoms with Gasteiger partial charge < -0.3 is 25.1 Å². The Morgan fingerprint density at radius 1 is 0.870 bits per heavy atom. The van der Waals surface area contributed by atoms with Gasteiger partial charge in [0, 0.05) is 93.9 Å². The topological polar surface area (TPSA) is 155 Å². The summed E-state index contributed by atoms with van der Waals surface area (Å²) in [6, 6.07) is 13.7. The van der Waals surface area contributed by atoms with Crippen molar-refractivity contribution in [1.29, 1.82) is 0 Å². The van der Waals surface area contributed by atoms with E-state index in [1.54, 1.807) is 24.3 Å². The fourth-order valence-electron chi connectivity index (χ4n) is 9.90. The van der Waals surface area contributed by atoms with Gasteiger partial charge in [-0.1, -0.05) is 12.1 Å². The van der Waals surface area contributed by atoms with Gasteiger partial charge >= 0.3 is 0 Å². The third-order valence-corrected chi connectivity index (χ3v) is 12.8. The van der Waals surface area contributed by atoms with Gasteiger partial charge in [0.1, 0.15) is 11.8 Å². The molecule has 2 aromatic carbocycles. The van der Waals surface area contributed by atoms with E-state index in [4.69, 9.17) is 0 Å². The van der Waals surface area contributed by atoms with E-state index in [-0.39, 0.29) is 24.5 Å². The van der Waals surface area contributed by atoms with Crippen LogP contribution in [0.5, 0.6) is 5.75 Å². The Bertz CT molecular complexity index is 2130. The molecule has 5 fully saturated rings. The summed E-state index contributed by atoms with van der Waals surface area (Å²) in [7, 11) is 0. The van der Waals surface area contributed by atoms with Crippen molar-refractivity contribution in [2.45, 2.75) is 38.1 Å². The predicted octanol–water partition coefficient (Wildman–Crippen LogP) is 2.88. The second-order valence-electron chi connectivity index (χ2n) is 16.2. The number of phenols is 1. The standard InChI is InChI=1S/C40H43N9O5/c50-34-4-2-1-3-29(34)31-16-33-36(44-43-31)41-18-27-21-45(13-14-48(27)33)22-40-17-25(40)20-46(23-40)19-24-9-11-47(12-10-24)26-5-6-28-30(15-26)39(54)49(38(28)53)32-7-8-35(51)42-37(32)52/h1-6,15-16,18,24-25,32,50H,7-14,17,19-23H2,(H,41,44)(H,42,51,52). The number of carbonyl (C=O) groups is 4. The van der Waals surface area contributed by atoms with Crippen molar-refractivity contribution in [2.24, 2.45) is 17.3 Å². The van der Waals surface area contributed by atoms with Gasteiger partial charge in [-0.15, -0.1) is 10.2 Å². The molecule has 54 heavy (non-hydrogen) atoms. The van der Waals surface area contributed by atoms with Crippen molar-refractivity contribution >= 4 is 40.8 Å². The number of fused-ring (bicyclic) bond motifs is 5. The van der Waals surface area contributed by atoms with Gasteiger partial charge in [-0.3, -0.25) is 34.3 Å². The van der Waals surface area contributed by atoms with Crippen LogP contribution in [0, 0.1) is 17.3 Å². The van der Waals surface area contributed by atoms with Crippen LogP contribution < -0.4 is 20.4 Å². The highest BCUT2D eigenvalue weighted by atomic mass is 16.3. The first-order valence-corrected chi connectivity index (χ1v) is 19.2. The average Bonchev–Trinajstić information content (AvgIpc) is 3.62. The molecule has 14 nitrogen and oxygen atoms in total. The van der Waals surface area contributed by atoms with Gasteiger partial charge in [0.25, 0.3) is 11.8 Å². The normalized spacial score (nSPS) is 26.9. The van der Waals surface area contributed by atoms with E-state index < -0.39 is 23.8 Å². The fourth-order valence-corrected chi connectivity index (χ4v) is 9.90. The number of hydrogen-bond acceptors (Lipinski definition) is 12. The van der Waals surface area contributed by atoms with E-state index in [2.05, 4.69) is 46.6 Å². The highest BCUT2D eigenvalue weighted by Crippen LogP contribution is 2.58. The number of piperazine rings is 1. The number of benzene rings is 2. The zero-order valence-corrected chi connectivity index (χ0v) is 30.0. The summed E-state index contributed by atoms with van der Waals surface area (Å²) in [5, 5.41) is 24.8. The van der Waals surface area contributed by atoms with E-state index in [0.717, 1.165) is 93.2 Å². The molecule has 278 valence electrons. The van der Waals surface area contributed by atoms with Gasteiger partial charge in [0.2, 0.25) is 11.8 Å². The van der Waals surface area contributed by atoms with E-state index in [0.29, 0.717) is 33.7 Å². The second-order valence-corrected chi connectivity index (χ2v) is 16.2. The van der Waals surface area contributed by atoms with Crippen LogP contribution in [0.1, 0.15) is 52.8 Å². The molecule has 7 heterocycles. The maximum absolute atomic E-state index is 13.4. The number of nitrogens with one attached hydrogen (secondary N) is 2. The number of imide groups is 2. The van der Waals surface area contributed by atoms with Crippen LogP contribution in [-0.4, -0.2) is 119 Å². The lowest BCUT2D eigenvalue weighted by Gasteiger charge is -2.41. The van der Waals surface area contributed by atoms with E-state index in [1.807, 2.05) is 24.3 Å². The van der Waals surface area contributed by atoms with Crippen molar-refractivity contribution in [2.75, 3.05) is 74.0 Å². The minimum absolute atomic E-state index is 0.105. The third kappa shape index (κ3) is 5.61. The molecule has 0 spiro atoms. The van der Waals surface area contributed by atoms with Gasteiger partial charge in [0.05, 0.1) is 22.5 Å². The largest absolute Gasteiger partial charge is 0.507 e. The molecule has 3 aromatic rings. The molecule has 7 aliphatic rings. The van der Waals surface area contributed by atoms with Gasteiger partial charge in [-0.2, -0.15) is 0 Å². The minimum atomic E-state index is -0.956. The summed E-state index contributed by atoms with van der Waals surface area (Å²) in [5.41, 5.74) is 5.52. The zero-order valence-electron chi connectivity index (χ0n) is 30.0. The number of carbonyl (C=O) groups excluding carboxylic acids is 4. The van der Waals surface area contributed by atoms with Gasteiger partial charge in [-0.05, 0) is 73.9 Å². The lowest BCUT2D eigenvalue weighted by molar-refractivity contribution is -0.136. The molecular weight excluding hydrogens is 686 g/mol. The number of likely N-dealkylation sites (tertiary alicyclic amines) is 1. The lowest BCUT2D eigenvalue weighted by atomic mass is 9.95. The first-order chi connectivity index (χ1) is 26.2. The van der Waals surface area contributed by atoms with Crippen LogP contribution in [0.3, 0.4) is 0 Å². The molecule has 0 bridgehead atoms. The summed E-state index contributed by atoms with van der Waals surface area (Å²) in [6.07, 6.45) is 5.77. The van der Waals surface area contributed by atoms with Crippen molar-refractivity contribution < 1.29 is 24.3 Å². The van der Waals surface area contributed by atoms with Crippen LogP contribution in [0.15, 0.2) is 60.4 Å². The molecule has 3 unspecified atom stereocenters. The SMILES string of the molecule is O=C1CCC(N2C(=O)c3ccc(N4CCC(CN5CC6CC6(CN6CCN7C(=CNc8nnc(-c9ccccc9O)cc87)C6)C5)CC4)cc3C2=O)C(=O)N1. The molecule has 10 rings (SSSR count). The predicted molar refractivity (Wildman–Crippen MR) is 200 cm³/mol. The van der Waals surface area contributed by atoms with Gasteiger partial charge in [0.15, 0.2) is 5.82 Å². The minimum Gasteiger partial charge on any atom is -0.507 e. The van der Waals surface area contributed by atoms with Crippen molar-refractivity contribution in [3.8, 4) is 17.0 Å². The Balaban J connectivity index is 0.723. The molecule has 1 aliphatic carbocycles. The summed E-state index contributed by atoms with van der Waals surface area (Å²) < 4.78 is 0. The number of phenolic OH excluding ortho intramolecular Hbond substituents is 1. The highest BCUT2D eigenvalue weighted by Gasteiger charge is 2.60. The first kappa shape index (κ1) is 33.2. The Morgan fingerprint density at radius 2 is 1.70 bits per heavy atom. The molecule has 4 saturated heterocycles. The summed E-state index contributed by atoms with van der Waals surface area (Å²) in [6.45, 7) is 9.08. The number of nitrogens with zero attached hydrogens (tertiary/aromatic N) is 7. The summed E-state index contributed by atoms with van der Waals surface area (Å²) in [5.74, 6) is 0.408. The van der Waals surface area contributed by atoms with E-state index in [1.165, 1.54) is 18.7 Å². The molecule has 3 N–H and O–H groups in total. The second kappa shape index (κ2) is 12.6. The molecule has 3 atom stereocenters. The van der Waals surface area contributed by atoms with Gasteiger partial charge in [-0.25, -0.2) is 0 Å². The number of aromatic nitrogens is 2. The Kier molecular flexibility index (Phi) is 7.77. The fraction of sp³-hybridized carbons (Fsp3) is 0.450. The van der Waals surface area contributed by atoms with Crippen molar-refractivity contribution in [3.63, 3.8) is 0 Å². The molecule has 0 radical (unpaired) electrons. The molecular formula is C40H43N9O5. The van der Waals surface area contributed by atoms with Crippen molar-refractivity contribution in [1.82, 2.24) is 30.2 Å².